The predicted molar refractivity (Wildman–Crippen MR) is 57.7 cm³/mol. The van der Waals surface area contributed by atoms with Crippen molar-refractivity contribution < 1.29 is 19.8 Å². The summed E-state index contributed by atoms with van der Waals surface area (Å²) in [4.78, 5) is 22.0. The van der Waals surface area contributed by atoms with Crippen LogP contribution in [0.5, 0.6) is 0 Å². The molecule has 90 valence electrons. The molecule has 0 rings (SSSR count). The highest BCUT2D eigenvalue weighted by atomic mass is 16.4. The molecule has 0 heterocycles. The van der Waals surface area contributed by atoms with E-state index < -0.39 is 24.1 Å². The molecule has 0 spiro atoms. The maximum atomic E-state index is 11.3. The Balaban J connectivity index is 4.20. The van der Waals surface area contributed by atoms with Crippen molar-refractivity contribution in [1.29, 1.82) is 0 Å². The van der Waals surface area contributed by atoms with Crippen molar-refractivity contribution in [3.63, 3.8) is 0 Å². The average molecular weight is 228 g/mol. The van der Waals surface area contributed by atoms with E-state index in [2.05, 4.69) is 16.6 Å². The summed E-state index contributed by atoms with van der Waals surface area (Å²) in [5.41, 5.74) is 0. The van der Waals surface area contributed by atoms with Crippen LogP contribution in [-0.2, 0) is 4.79 Å². The van der Waals surface area contributed by atoms with Gasteiger partial charge in [0.15, 0.2) is 0 Å². The molecule has 0 aliphatic rings. The number of carboxylic acids is 1. The van der Waals surface area contributed by atoms with E-state index >= 15 is 0 Å². The minimum absolute atomic E-state index is 0.0460. The fourth-order valence-corrected chi connectivity index (χ4v) is 1.01. The molecule has 0 aromatic rings. The monoisotopic (exact) mass is 228 g/mol. The molecule has 6 nitrogen and oxygen atoms in total. The molecule has 0 radical (unpaired) electrons. The van der Waals surface area contributed by atoms with Gasteiger partial charge in [-0.15, -0.1) is 6.42 Å². The van der Waals surface area contributed by atoms with E-state index in [4.69, 9.17) is 16.6 Å². The molecule has 0 saturated carbocycles. The van der Waals surface area contributed by atoms with Crippen molar-refractivity contribution in [1.82, 2.24) is 10.6 Å². The van der Waals surface area contributed by atoms with E-state index in [9.17, 15) is 9.59 Å². The summed E-state index contributed by atoms with van der Waals surface area (Å²) in [6.45, 7) is 1.48. The van der Waals surface area contributed by atoms with Gasteiger partial charge in [0.25, 0.3) is 0 Å². The molecule has 6 heteroatoms. The van der Waals surface area contributed by atoms with Gasteiger partial charge < -0.3 is 20.8 Å². The number of aliphatic hydroxyl groups is 1. The molecule has 0 aromatic carbocycles. The topological polar surface area (TPSA) is 98.7 Å². The molecule has 0 saturated heterocycles. The number of carbonyl (C=O) groups is 2. The molecule has 2 atom stereocenters. The first-order valence-corrected chi connectivity index (χ1v) is 4.92. The zero-order chi connectivity index (χ0) is 12.6. The fraction of sp³-hybridized carbons (Fsp3) is 0.600. The number of urea groups is 1. The maximum absolute atomic E-state index is 11.3. The van der Waals surface area contributed by atoms with Crippen LogP contribution >= 0.6 is 0 Å². The number of aliphatic hydroxyl groups excluding tert-OH is 1. The van der Waals surface area contributed by atoms with Gasteiger partial charge in [0.1, 0.15) is 6.04 Å². The lowest BCUT2D eigenvalue weighted by atomic mass is 10.2. The normalized spacial score (nSPS) is 13.3. The van der Waals surface area contributed by atoms with Crippen molar-refractivity contribution in [2.45, 2.75) is 31.8 Å². The zero-order valence-electron chi connectivity index (χ0n) is 9.06. The quantitative estimate of drug-likeness (QED) is 0.462. The van der Waals surface area contributed by atoms with Crippen molar-refractivity contribution in [3.05, 3.63) is 0 Å². The molecular weight excluding hydrogens is 212 g/mol. The molecule has 4 N–H and O–H groups in total. The third-order valence-corrected chi connectivity index (χ3v) is 1.94. The number of terminal acetylenes is 1. The van der Waals surface area contributed by atoms with E-state index in [0.717, 1.165) is 0 Å². The Morgan fingerprint density at radius 2 is 2.06 bits per heavy atom. The van der Waals surface area contributed by atoms with Crippen LogP contribution in [0.1, 0.15) is 19.8 Å². The van der Waals surface area contributed by atoms with Crippen molar-refractivity contribution in [2.75, 3.05) is 6.61 Å². The van der Waals surface area contributed by atoms with Gasteiger partial charge in [-0.1, -0.05) is 12.8 Å². The van der Waals surface area contributed by atoms with Crippen LogP contribution in [0.4, 0.5) is 4.79 Å². The fourth-order valence-electron chi connectivity index (χ4n) is 1.01. The highest BCUT2D eigenvalue weighted by Gasteiger charge is 2.19. The van der Waals surface area contributed by atoms with Gasteiger partial charge in [0.05, 0.1) is 6.04 Å². The molecule has 0 fully saturated rings. The second-order valence-corrected chi connectivity index (χ2v) is 3.15. The lowest BCUT2D eigenvalue weighted by Crippen LogP contribution is -2.48. The van der Waals surface area contributed by atoms with Crippen LogP contribution in [0.2, 0.25) is 0 Å². The summed E-state index contributed by atoms with van der Waals surface area (Å²) in [5.74, 6) is 1.15. The van der Waals surface area contributed by atoms with Crippen LogP contribution < -0.4 is 10.6 Å². The lowest BCUT2D eigenvalue weighted by molar-refractivity contribution is -0.139. The first kappa shape index (κ1) is 14.3. The Labute approximate surface area is 94.0 Å². The Hall–Kier alpha value is -1.74. The van der Waals surface area contributed by atoms with Crippen LogP contribution in [0.15, 0.2) is 0 Å². The standard InChI is InChI=1S/C10H16N2O4/c1-3-7(4-2)11-10(16)12-8(5-6-13)9(14)15/h1,7-8,13H,4-6H2,2H3,(H,14,15)(H2,11,12,16)/t7?,8-/m1/s1. The predicted octanol–water partition coefficient (Wildman–Crippen LogP) is -0.467. The summed E-state index contributed by atoms with van der Waals surface area (Å²) in [6, 6.07) is -2.19. The van der Waals surface area contributed by atoms with Gasteiger partial charge in [-0.05, 0) is 6.42 Å². The lowest BCUT2D eigenvalue weighted by Gasteiger charge is -2.16. The number of carbonyl (C=O) groups excluding carboxylic acids is 1. The summed E-state index contributed by atoms with van der Waals surface area (Å²) in [7, 11) is 0. The first-order valence-electron chi connectivity index (χ1n) is 4.92. The number of rotatable bonds is 6. The van der Waals surface area contributed by atoms with Gasteiger partial charge >= 0.3 is 12.0 Å². The highest BCUT2D eigenvalue weighted by Crippen LogP contribution is 1.93. The number of nitrogens with one attached hydrogen (secondary N) is 2. The van der Waals surface area contributed by atoms with Gasteiger partial charge in [0, 0.05) is 13.0 Å². The summed E-state index contributed by atoms with van der Waals surface area (Å²) in [6.07, 6.45) is 5.64. The molecule has 1 unspecified atom stereocenters. The Bertz CT molecular complexity index is 285. The van der Waals surface area contributed by atoms with Crippen LogP contribution in [0, 0.1) is 12.3 Å². The van der Waals surface area contributed by atoms with Crippen LogP contribution in [0.25, 0.3) is 0 Å². The second-order valence-electron chi connectivity index (χ2n) is 3.15. The molecule has 0 aliphatic heterocycles. The summed E-state index contributed by atoms with van der Waals surface area (Å²) in [5, 5.41) is 22.0. The van der Waals surface area contributed by atoms with Crippen molar-refractivity contribution >= 4 is 12.0 Å². The molecule has 16 heavy (non-hydrogen) atoms. The largest absolute Gasteiger partial charge is 0.480 e. The van der Waals surface area contributed by atoms with E-state index in [-0.39, 0.29) is 13.0 Å². The third kappa shape index (κ3) is 5.22. The number of amides is 2. The summed E-state index contributed by atoms with van der Waals surface area (Å²) < 4.78 is 0. The highest BCUT2D eigenvalue weighted by molar-refractivity contribution is 5.82. The number of aliphatic carboxylic acids is 1. The zero-order valence-corrected chi connectivity index (χ0v) is 9.06. The Morgan fingerprint density at radius 1 is 1.44 bits per heavy atom. The average Bonchev–Trinajstić information content (AvgIpc) is 2.25. The molecule has 0 bridgehead atoms. The minimum atomic E-state index is -1.20. The first-order chi connectivity index (χ1) is 7.54. The molecule has 0 aromatic heterocycles. The Kier molecular flexibility index (Phi) is 6.72. The third-order valence-electron chi connectivity index (χ3n) is 1.94. The van der Waals surface area contributed by atoms with Crippen molar-refractivity contribution in [2.24, 2.45) is 0 Å². The van der Waals surface area contributed by atoms with Gasteiger partial charge in [0.2, 0.25) is 0 Å². The SMILES string of the molecule is C#CC(CC)NC(=O)N[C@H](CCO)C(=O)O. The number of hydrogen-bond donors (Lipinski definition) is 4. The van der Waals surface area contributed by atoms with Gasteiger partial charge in [-0.25, -0.2) is 9.59 Å². The Morgan fingerprint density at radius 3 is 2.44 bits per heavy atom. The molecule has 2 amide bonds. The number of hydrogen-bond acceptors (Lipinski definition) is 3. The van der Waals surface area contributed by atoms with E-state index in [1.807, 2.05) is 0 Å². The van der Waals surface area contributed by atoms with E-state index in [1.165, 1.54) is 0 Å². The van der Waals surface area contributed by atoms with Gasteiger partial charge in [-0.2, -0.15) is 0 Å². The maximum Gasteiger partial charge on any atom is 0.326 e. The smallest absolute Gasteiger partial charge is 0.326 e. The van der Waals surface area contributed by atoms with Crippen LogP contribution in [-0.4, -0.2) is 40.9 Å². The number of carboxylic acid groups (broad SMARTS) is 1. The minimum Gasteiger partial charge on any atom is -0.480 e. The molecular formula is C10H16N2O4. The molecule has 0 aliphatic carbocycles. The van der Waals surface area contributed by atoms with Crippen molar-refractivity contribution in [3.8, 4) is 12.3 Å². The van der Waals surface area contributed by atoms with Gasteiger partial charge in [-0.3, -0.25) is 0 Å². The van der Waals surface area contributed by atoms with Crippen LogP contribution in [0.3, 0.4) is 0 Å². The van der Waals surface area contributed by atoms with E-state index in [1.54, 1.807) is 6.92 Å². The second kappa shape index (κ2) is 7.54. The van der Waals surface area contributed by atoms with E-state index in [0.29, 0.717) is 6.42 Å². The summed E-state index contributed by atoms with van der Waals surface area (Å²) >= 11 is 0.